The molecule has 1 heterocycles. The summed E-state index contributed by atoms with van der Waals surface area (Å²) in [5.41, 5.74) is 1.44. The molecule has 4 nitrogen and oxygen atoms in total. The number of rotatable bonds is 2. The van der Waals surface area contributed by atoms with E-state index in [-0.39, 0.29) is 11.8 Å². The van der Waals surface area contributed by atoms with Crippen molar-refractivity contribution >= 4 is 28.5 Å². The Labute approximate surface area is 108 Å². The van der Waals surface area contributed by atoms with E-state index < -0.39 is 5.97 Å². The van der Waals surface area contributed by atoms with Crippen molar-refractivity contribution in [1.29, 1.82) is 0 Å². The maximum atomic E-state index is 12.2. The van der Waals surface area contributed by atoms with E-state index in [0.29, 0.717) is 27.2 Å². The van der Waals surface area contributed by atoms with E-state index in [1.807, 2.05) is 0 Å². The Bertz CT molecular complexity index is 703. The average molecular weight is 266 g/mol. The number of nitrogens with zero attached hydrogens (tertiary/aromatic N) is 1. The normalized spacial score (nSPS) is 10.8. The number of aryl methyl sites for hydroxylation is 1. The van der Waals surface area contributed by atoms with Gasteiger partial charge in [-0.05, 0) is 25.1 Å². The summed E-state index contributed by atoms with van der Waals surface area (Å²) in [5.74, 6) is -1.01. The number of hydrogen-bond donors (Lipinski definition) is 1. The Morgan fingerprint density at radius 3 is 2.72 bits per heavy atom. The van der Waals surface area contributed by atoms with Crippen molar-refractivity contribution in [1.82, 2.24) is 4.57 Å². The largest absolute Gasteiger partial charge is 0.481 e. The van der Waals surface area contributed by atoms with Crippen LogP contribution in [0.15, 0.2) is 23.0 Å². The summed E-state index contributed by atoms with van der Waals surface area (Å²) in [4.78, 5) is 23.0. The van der Waals surface area contributed by atoms with E-state index in [2.05, 4.69) is 0 Å². The maximum Gasteiger partial charge on any atom is 0.308 e. The predicted octanol–water partition coefficient (Wildman–Crippen LogP) is 2.13. The Kier molecular flexibility index (Phi) is 3.13. The summed E-state index contributed by atoms with van der Waals surface area (Å²) in [5, 5.41) is 9.89. The number of benzene rings is 1. The SMILES string of the molecule is Cc1c(CC(=O)O)c(=O)c2ccc(Cl)cc2n1C. The molecule has 0 spiro atoms. The molecule has 1 N–H and O–H groups in total. The first-order valence-electron chi connectivity index (χ1n) is 5.41. The lowest BCUT2D eigenvalue weighted by atomic mass is 10.1. The highest BCUT2D eigenvalue weighted by atomic mass is 35.5. The minimum Gasteiger partial charge on any atom is -0.481 e. The fourth-order valence-corrected chi connectivity index (χ4v) is 2.21. The zero-order valence-corrected chi connectivity index (χ0v) is 10.8. The zero-order chi connectivity index (χ0) is 13.4. The average Bonchev–Trinajstić information content (AvgIpc) is 2.31. The molecule has 0 unspecified atom stereocenters. The molecule has 0 bridgehead atoms. The number of aromatic nitrogens is 1. The highest BCUT2D eigenvalue weighted by molar-refractivity contribution is 6.31. The van der Waals surface area contributed by atoms with Gasteiger partial charge in [0.05, 0.1) is 11.9 Å². The van der Waals surface area contributed by atoms with Crippen LogP contribution in [-0.4, -0.2) is 15.6 Å². The lowest BCUT2D eigenvalue weighted by molar-refractivity contribution is -0.136. The van der Waals surface area contributed by atoms with Crippen molar-refractivity contribution in [2.24, 2.45) is 7.05 Å². The number of aliphatic carboxylic acids is 1. The van der Waals surface area contributed by atoms with Gasteiger partial charge < -0.3 is 9.67 Å². The van der Waals surface area contributed by atoms with Crippen LogP contribution < -0.4 is 5.43 Å². The van der Waals surface area contributed by atoms with Gasteiger partial charge in [0.15, 0.2) is 5.43 Å². The molecule has 2 aromatic rings. The number of carboxylic acids is 1. The van der Waals surface area contributed by atoms with E-state index in [4.69, 9.17) is 16.7 Å². The summed E-state index contributed by atoms with van der Waals surface area (Å²) in [7, 11) is 1.79. The molecule has 1 aromatic carbocycles. The molecule has 94 valence electrons. The van der Waals surface area contributed by atoms with E-state index in [9.17, 15) is 9.59 Å². The standard InChI is InChI=1S/C13H12ClNO3/c1-7-10(6-12(16)17)13(18)9-4-3-8(14)5-11(9)15(7)2/h3-5H,6H2,1-2H3,(H,16,17). The molecule has 0 aliphatic rings. The second-order valence-corrected chi connectivity index (χ2v) is 4.62. The van der Waals surface area contributed by atoms with Crippen LogP contribution in [0.1, 0.15) is 11.3 Å². The number of fused-ring (bicyclic) bond motifs is 1. The van der Waals surface area contributed by atoms with E-state index in [1.54, 1.807) is 36.7 Å². The molecular formula is C13H12ClNO3. The van der Waals surface area contributed by atoms with Crippen molar-refractivity contribution in [3.63, 3.8) is 0 Å². The molecule has 1 aromatic heterocycles. The van der Waals surface area contributed by atoms with Gasteiger partial charge in [0, 0.05) is 28.7 Å². The highest BCUT2D eigenvalue weighted by Gasteiger charge is 2.14. The third-order valence-electron chi connectivity index (χ3n) is 3.11. The van der Waals surface area contributed by atoms with Gasteiger partial charge >= 0.3 is 5.97 Å². The van der Waals surface area contributed by atoms with Crippen LogP contribution in [0, 0.1) is 6.92 Å². The molecular weight excluding hydrogens is 254 g/mol. The van der Waals surface area contributed by atoms with E-state index in [1.165, 1.54) is 0 Å². The topological polar surface area (TPSA) is 59.3 Å². The fraction of sp³-hybridized carbons (Fsp3) is 0.231. The molecule has 0 amide bonds. The summed E-state index contributed by atoms with van der Waals surface area (Å²) < 4.78 is 1.79. The van der Waals surface area contributed by atoms with Gasteiger partial charge in [0.25, 0.3) is 0 Å². The van der Waals surface area contributed by atoms with Crippen LogP contribution >= 0.6 is 11.6 Å². The van der Waals surface area contributed by atoms with Crippen molar-refractivity contribution in [2.45, 2.75) is 13.3 Å². The number of carbonyl (C=O) groups is 1. The Balaban J connectivity index is 2.87. The maximum absolute atomic E-state index is 12.2. The monoisotopic (exact) mass is 265 g/mol. The summed E-state index contributed by atoms with van der Waals surface area (Å²) in [6.07, 6.45) is -0.267. The lowest BCUT2D eigenvalue weighted by Crippen LogP contribution is -2.20. The van der Waals surface area contributed by atoms with Crippen molar-refractivity contribution in [2.75, 3.05) is 0 Å². The molecule has 18 heavy (non-hydrogen) atoms. The van der Waals surface area contributed by atoms with Gasteiger partial charge in [0.1, 0.15) is 0 Å². The lowest BCUT2D eigenvalue weighted by Gasteiger charge is -2.13. The molecule has 0 aliphatic carbocycles. The molecule has 0 aliphatic heterocycles. The molecule has 2 rings (SSSR count). The molecule has 0 radical (unpaired) electrons. The van der Waals surface area contributed by atoms with Crippen molar-refractivity contribution < 1.29 is 9.90 Å². The quantitative estimate of drug-likeness (QED) is 0.905. The highest BCUT2D eigenvalue weighted by Crippen LogP contribution is 2.19. The first-order valence-corrected chi connectivity index (χ1v) is 5.79. The number of carboxylic acid groups (broad SMARTS) is 1. The van der Waals surface area contributed by atoms with Crippen LogP contribution in [-0.2, 0) is 18.3 Å². The third-order valence-corrected chi connectivity index (χ3v) is 3.34. The number of pyridine rings is 1. The second kappa shape index (κ2) is 4.46. The minimum atomic E-state index is -1.01. The zero-order valence-electron chi connectivity index (χ0n) is 10.0. The predicted molar refractivity (Wildman–Crippen MR) is 70.3 cm³/mol. The number of hydrogen-bond acceptors (Lipinski definition) is 2. The molecule has 0 saturated heterocycles. The molecule has 0 atom stereocenters. The van der Waals surface area contributed by atoms with Crippen molar-refractivity contribution in [3.8, 4) is 0 Å². The van der Waals surface area contributed by atoms with Crippen LogP contribution in [0.5, 0.6) is 0 Å². The molecule has 0 saturated carbocycles. The first-order chi connectivity index (χ1) is 8.41. The molecule has 5 heteroatoms. The van der Waals surface area contributed by atoms with Gasteiger partial charge in [-0.1, -0.05) is 11.6 Å². The minimum absolute atomic E-state index is 0.236. The van der Waals surface area contributed by atoms with Crippen LogP contribution in [0.3, 0.4) is 0 Å². The van der Waals surface area contributed by atoms with Gasteiger partial charge in [-0.15, -0.1) is 0 Å². The summed E-state index contributed by atoms with van der Waals surface area (Å²) in [6.45, 7) is 1.74. The Hall–Kier alpha value is -1.81. The van der Waals surface area contributed by atoms with Gasteiger partial charge in [-0.25, -0.2) is 0 Å². The van der Waals surface area contributed by atoms with E-state index >= 15 is 0 Å². The van der Waals surface area contributed by atoms with Crippen molar-refractivity contribution in [3.05, 3.63) is 44.7 Å². The summed E-state index contributed by atoms with van der Waals surface area (Å²) >= 11 is 5.91. The van der Waals surface area contributed by atoms with Gasteiger partial charge in [-0.2, -0.15) is 0 Å². The number of halogens is 1. The Morgan fingerprint density at radius 1 is 1.44 bits per heavy atom. The molecule has 0 fully saturated rings. The smallest absolute Gasteiger partial charge is 0.308 e. The summed E-state index contributed by atoms with van der Waals surface area (Å²) in [6, 6.07) is 4.96. The first kappa shape index (κ1) is 12.6. The van der Waals surface area contributed by atoms with Crippen LogP contribution in [0.25, 0.3) is 10.9 Å². The van der Waals surface area contributed by atoms with Crippen LogP contribution in [0.4, 0.5) is 0 Å². The fourth-order valence-electron chi connectivity index (χ4n) is 2.04. The van der Waals surface area contributed by atoms with Gasteiger partial charge in [-0.3, -0.25) is 9.59 Å². The Morgan fingerprint density at radius 2 is 2.11 bits per heavy atom. The van der Waals surface area contributed by atoms with E-state index in [0.717, 1.165) is 0 Å². The van der Waals surface area contributed by atoms with Gasteiger partial charge in [0.2, 0.25) is 0 Å². The second-order valence-electron chi connectivity index (χ2n) is 4.18. The third kappa shape index (κ3) is 1.99. The van der Waals surface area contributed by atoms with Crippen LogP contribution in [0.2, 0.25) is 5.02 Å².